The number of carbonyl (C=O) groups is 2. The first-order valence-electron chi connectivity index (χ1n) is 8.95. The van der Waals surface area contributed by atoms with Crippen molar-refractivity contribution in [1.82, 2.24) is 29.1 Å². The Hall–Kier alpha value is -2.21. The Morgan fingerprint density at radius 3 is 2.27 bits per heavy atom. The first-order chi connectivity index (χ1) is 14.1. The van der Waals surface area contributed by atoms with E-state index in [-0.39, 0.29) is 65.2 Å². The highest BCUT2D eigenvalue weighted by Gasteiger charge is 2.33. The van der Waals surface area contributed by atoms with Gasteiger partial charge in [0.1, 0.15) is 11.4 Å². The van der Waals surface area contributed by atoms with Gasteiger partial charge in [-0.1, -0.05) is 34.5 Å². The molecule has 0 atom stereocenters. The fourth-order valence-corrected chi connectivity index (χ4v) is 5.42. The third-order valence-corrected chi connectivity index (χ3v) is 7.45. The van der Waals surface area contributed by atoms with Crippen molar-refractivity contribution in [3.8, 4) is 0 Å². The van der Waals surface area contributed by atoms with Gasteiger partial charge in [0.2, 0.25) is 15.9 Å². The molecule has 2 amide bonds. The van der Waals surface area contributed by atoms with Crippen LogP contribution in [0.3, 0.4) is 0 Å². The van der Waals surface area contributed by atoms with Gasteiger partial charge in [-0.15, -0.1) is 5.10 Å². The van der Waals surface area contributed by atoms with Gasteiger partial charge in [-0.3, -0.25) is 9.59 Å². The lowest BCUT2D eigenvalue weighted by molar-refractivity contribution is -0.129. The molecule has 13 heteroatoms. The van der Waals surface area contributed by atoms with Crippen molar-refractivity contribution in [2.75, 3.05) is 40.3 Å². The molecule has 0 bridgehead atoms. The van der Waals surface area contributed by atoms with Crippen molar-refractivity contribution in [3.05, 3.63) is 40.1 Å². The first-order valence-corrected chi connectivity index (χ1v) is 11.1. The minimum atomic E-state index is -3.90. The molecule has 0 N–H and O–H groups in total. The van der Waals surface area contributed by atoms with Crippen molar-refractivity contribution in [1.29, 1.82) is 0 Å². The predicted molar refractivity (Wildman–Crippen MR) is 110 cm³/mol. The van der Waals surface area contributed by atoms with Gasteiger partial charge in [-0.25, -0.2) is 13.1 Å². The Balaban J connectivity index is 1.66. The van der Waals surface area contributed by atoms with Crippen LogP contribution in [0.5, 0.6) is 0 Å². The maximum absolute atomic E-state index is 12.9. The highest BCUT2D eigenvalue weighted by Crippen LogP contribution is 2.31. The average Bonchev–Trinajstić information content (AvgIpc) is 3.15. The van der Waals surface area contributed by atoms with Crippen LogP contribution in [0.25, 0.3) is 0 Å². The number of halogens is 2. The maximum atomic E-state index is 12.9. The second-order valence-electron chi connectivity index (χ2n) is 6.84. The van der Waals surface area contributed by atoms with Crippen LogP contribution in [0, 0.1) is 0 Å². The molecule has 30 heavy (non-hydrogen) atoms. The molecule has 2 heterocycles. The van der Waals surface area contributed by atoms with Crippen LogP contribution in [-0.4, -0.2) is 89.6 Å². The summed E-state index contributed by atoms with van der Waals surface area (Å²) in [4.78, 5) is 27.2. The van der Waals surface area contributed by atoms with Crippen molar-refractivity contribution in [2.24, 2.45) is 0 Å². The Morgan fingerprint density at radius 1 is 1.10 bits per heavy atom. The topological polar surface area (TPSA) is 109 Å². The fraction of sp³-hybridized carbons (Fsp3) is 0.412. The fourth-order valence-electron chi connectivity index (χ4n) is 2.91. The van der Waals surface area contributed by atoms with E-state index in [2.05, 4.69) is 10.3 Å². The number of sulfonamides is 1. The molecule has 10 nitrogen and oxygen atoms in total. The third-order valence-electron chi connectivity index (χ3n) is 4.60. The molecule has 1 fully saturated rings. The number of carbonyl (C=O) groups excluding carboxylic acids is 2. The number of rotatable bonds is 5. The van der Waals surface area contributed by atoms with Crippen LogP contribution in [0.2, 0.25) is 10.0 Å². The number of benzene rings is 1. The second-order valence-corrected chi connectivity index (χ2v) is 9.53. The summed E-state index contributed by atoms with van der Waals surface area (Å²) in [6, 6.07) is 4.49. The SMILES string of the molecule is CN(C)C(=O)Cn1cc(C(=O)N2CCN(S(=O)(=O)c3c(Cl)cccc3Cl)CC2)nn1. The quantitative estimate of drug-likeness (QED) is 0.634. The third kappa shape index (κ3) is 4.59. The molecule has 3 rings (SSSR count). The van der Waals surface area contributed by atoms with E-state index in [1.54, 1.807) is 20.2 Å². The van der Waals surface area contributed by atoms with Crippen LogP contribution in [0.4, 0.5) is 0 Å². The molecule has 1 aliphatic rings. The van der Waals surface area contributed by atoms with Crippen LogP contribution < -0.4 is 0 Å². The summed E-state index contributed by atoms with van der Waals surface area (Å²) in [5.41, 5.74) is 0.0898. The van der Waals surface area contributed by atoms with Crippen molar-refractivity contribution in [2.45, 2.75) is 11.4 Å². The number of nitrogens with zero attached hydrogens (tertiary/aromatic N) is 6. The largest absolute Gasteiger partial charge is 0.347 e. The molecule has 0 saturated carbocycles. The molecule has 0 unspecified atom stereocenters. The van der Waals surface area contributed by atoms with Crippen molar-refractivity contribution in [3.63, 3.8) is 0 Å². The van der Waals surface area contributed by atoms with Gasteiger partial charge in [-0.2, -0.15) is 4.31 Å². The van der Waals surface area contributed by atoms with E-state index in [1.165, 1.54) is 37.1 Å². The van der Waals surface area contributed by atoms with E-state index in [0.29, 0.717) is 0 Å². The summed E-state index contributed by atoms with van der Waals surface area (Å²) in [7, 11) is -0.658. The minimum absolute atomic E-state index is 0.0299. The molecule has 0 radical (unpaired) electrons. The average molecular weight is 475 g/mol. The normalized spacial score (nSPS) is 15.3. The zero-order chi connectivity index (χ0) is 22.1. The van der Waals surface area contributed by atoms with E-state index in [0.717, 1.165) is 0 Å². The molecule has 2 aromatic rings. The molecule has 0 spiro atoms. The van der Waals surface area contributed by atoms with Crippen LogP contribution in [0.15, 0.2) is 29.3 Å². The summed E-state index contributed by atoms with van der Waals surface area (Å²) in [6.45, 7) is 0.483. The zero-order valence-corrected chi connectivity index (χ0v) is 18.7. The monoisotopic (exact) mass is 474 g/mol. The van der Waals surface area contributed by atoms with Gasteiger partial charge in [-0.05, 0) is 12.1 Å². The van der Waals surface area contributed by atoms with Gasteiger partial charge in [0, 0.05) is 40.3 Å². The first kappa shape index (κ1) is 22.5. The van der Waals surface area contributed by atoms with Crippen LogP contribution in [0.1, 0.15) is 10.5 Å². The Morgan fingerprint density at radius 2 is 1.70 bits per heavy atom. The van der Waals surface area contributed by atoms with Gasteiger partial charge < -0.3 is 9.80 Å². The molecule has 162 valence electrons. The van der Waals surface area contributed by atoms with E-state index < -0.39 is 10.0 Å². The lowest BCUT2D eigenvalue weighted by Crippen LogP contribution is -2.50. The molecule has 1 saturated heterocycles. The smallest absolute Gasteiger partial charge is 0.276 e. The molecule has 1 aromatic heterocycles. The highest BCUT2D eigenvalue weighted by molar-refractivity contribution is 7.89. The number of likely N-dealkylation sites (N-methyl/N-ethyl adjacent to an activating group) is 1. The van der Waals surface area contributed by atoms with E-state index in [4.69, 9.17) is 23.2 Å². The van der Waals surface area contributed by atoms with Crippen molar-refractivity contribution < 1.29 is 18.0 Å². The van der Waals surface area contributed by atoms with Crippen molar-refractivity contribution >= 4 is 45.0 Å². The van der Waals surface area contributed by atoms with E-state index in [1.807, 2.05) is 0 Å². The minimum Gasteiger partial charge on any atom is -0.347 e. The maximum Gasteiger partial charge on any atom is 0.276 e. The molecule has 1 aliphatic heterocycles. The summed E-state index contributed by atoms with van der Waals surface area (Å²) in [5.74, 6) is -0.567. The lowest BCUT2D eigenvalue weighted by Gasteiger charge is -2.33. The van der Waals surface area contributed by atoms with Crippen LogP contribution in [-0.2, 0) is 21.4 Å². The number of hydrogen-bond acceptors (Lipinski definition) is 6. The second kappa shape index (κ2) is 8.88. The van der Waals surface area contributed by atoms with Crippen LogP contribution >= 0.6 is 23.2 Å². The predicted octanol–water partition coefficient (Wildman–Crippen LogP) is 0.820. The highest BCUT2D eigenvalue weighted by atomic mass is 35.5. The van der Waals surface area contributed by atoms with E-state index in [9.17, 15) is 18.0 Å². The number of hydrogen-bond donors (Lipinski definition) is 0. The van der Waals surface area contributed by atoms with Gasteiger partial charge in [0.15, 0.2) is 5.69 Å². The Labute approximate surface area is 184 Å². The molecule has 1 aromatic carbocycles. The zero-order valence-electron chi connectivity index (χ0n) is 16.3. The van der Waals surface area contributed by atoms with Gasteiger partial charge >= 0.3 is 0 Å². The van der Waals surface area contributed by atoms with Gasteiger partial charge in [0.25, 0.3) is 5.91 Å². The summed E-state index contributed by atoms with van der Waals surface area (Å²) in [5, 5.41) is 7.72. The summed E-state index contributed by atoms with van der Waals surface area (Å²) >= 11 is 12.1. The summed E-state index contributed by atoms with van der Waals surface area (Å²) < 4.78 is 28.4. The number of aromatic nitrogens is 3. The molecular formula is C17H20Cl2N6O4S. The van der Waals surface area contributed by atoms with Gasteiger partial charge in [0.05, 0.1) is 16.2 Å². The standard InChI is InChI=1S/C17H20Cl2N6O4S/c1-22(2)15(26)11-24-10-14(20-21-24)17(27)23-6-8-25(9-7-23)30(28,29)16-12(18)4-3-5-13(16)19/h3-5,10H,6-9,11H2,1-2H3. The number of piperazine rings is 1. The Bertz CT molecular complexity index is 1040. The lowest BCUT2D eigenvalue weighted by atomic mass is 10.3. The number of amides is 2. The Kier molecular flexibility index (Phi) is 6.65. The molecular weight excluding hydrogens is 455 g/mol. The van der Waals surface area contributed by atoms with E-state index >= 15 is 0 Å². The molecule has 0 aliphatic carbocycles. The summed E-state index contributed by atoms with van der Waals surface area (Å²) in [6.07, 6.45) is 1.40.